The van der Waals surface area contributed by atoms with Gasteiger partial charge in [-0.2, -0.15) is 0 Å². The number of aliphatic hydroxyl groups is 1. The van der Waals surface area contributed by atoms with Crippen molar-refractivity contribution in [3.8, 4) is 11.5 Å². The van der Waals surface area contributed by atoms with Gasteiger partial charge in [-0.15, -0.1) is 0 Å². The van der Waals surface area contributed by atoms with Crippen LogP contribution in [-0.4, -0.2) is 32.4 Å². The van der Waals surface area contributed by atoms with E-state index < -0.39 is 6.10 Å². The van der Waals surface area contributed by atoms with Crippen molar-refractivity contribution in [3.05, 3.63) is 23.8 Å². The fourth-order valence-corrected chi connectivity index (χ4v) is 1.85. The number of nitrogens with one attached hydrogen (secondary N) is 1. The second-order valence-corrected chi connectivity index (χ2v) is 3.86. The van der Waals surface area contributed by atoms with Gasteiger partial charge in [-0.3, -0.25) is 0 Å². The average Bonchev–Trinajstić information content (AvgIpc) is 2.39. The first-order chi connectivity index (χ1) is 8.17. The highest BCUT2D eigenvalue weighted by Gasteiger charge is 2.18. The van der Waals surface area contributed by atoms with Gasteiger partial charge in [0.15, 0.2) is 11.5 Å². The molecule has 1 aromatic rings. The number of hydrogen-bond donors (Lipinski definition) is 2. The van der Waals surface area contributed by atoms with Gasteiger partial charge in [0.05, 0.1) is 20.3 Å². The lowest BCUT2D eigenvalue weighted by atomic mass is 10.00. The molecule has 0 heterocycles. The van der Waals surface area contributed by atoms with Crippen LogP contribution in [0, 0.1) is 0 Å². The average molecular weight is 239 g/mol. The van der Waals surface area contributed by atoms with E-state index in [-0.39, 0.29) is 6.04 Å². The van der Waals surface area contributed by atoms with Crippen LogP contribution in [0.2, 0.25) is 0 Å². The molecular formula is C13H21NO3. The van der Waals surface area contributed by atoms with Crippen molar-refractivity contribution in [2.24, 2.45) is 0 Å². The summed E-state index contributed by atoms with van der Waals surface area (Å²) in [4.78, 5) is 0. The molecule has 0 saturated carbocycles. The standard InChI is InChI=1S/C13H21NO3/c1-5-10(14-2)13(15)9-6-7-11(16-3)12(8-9)17-4/h6-8,10,13-15H,5H2,1-4H3. The lowest BCUT2D eigenvalue weighted by Crippen LogP contribution is -2.31. The van der Waals surface area contributed by atoms with Crippen LogP contribution in [-0.2, 0) is 0 Å². The Morgan fingerprint density at radius 3 is 2.35 bits per heavy atom. The number of methoxy groups -OCH3 is 2. The molecule has 0 saturated heterocycles. The SMILES string of the molecule is CCC(NC)C(O)c1ccc(OC)c(OC)c1. The van der Waals surface area contributed by atoms with Gasteiger partial charge in [0, 0.05) is 6.04 Å². The van der Waals surface area contributed by atoms with Crippen LogP contribution < -0.4 is 14.8 Å². The van der Waals surface area contributed by atoms with E-state index in [1.54, 1.807) is 20.3 Å². The summed E-state index contributed by atoms with van der Waals surface area (Å²) in [6.45, 7) is 2.03. The second kappa shape index (κ2) is 6.47. The molecule has 2 unspecified atom stereocenters. The summed E-state index contributed by atoms with van der Waals surface area (Å²) in [5.74, 6) is 1.30. The third-order valence-corrected chi connectivity index (χ3v) is 2.94. The number of rotatable bonds is 6. The Kier molecular flexibility index (Phi) is 5.25. The van der Waals surface area contributed by atoms with Crippen molar-refractivity contribution in [1.82, 2.24) is 5.32 Å². The number of likely N-dealkylation sites (N-methyl/N-ethyl adjacent to an activating group) is 1. The van der Waals surface area contributed by atoms with E-state index in [9.17, 15) is 5.11 Å². The van der Waals surface area contributed by atoms with E-state index in [1.807, 2.05) is 26.1 Å². The molecule has 0 aliphatic rings. The molecule has 96 valence electrons. The molecule has 1 aromatic carbocycles. The Morgan fingerprint density at radius 1 is 1.24 bits per heavy atom. The zero-order valence-electron chi connectivity index (χ0n) is 10.9. The molecule has 0 aliphatic carbocycles. The zero-order valence-corrected chi connectivity index (χ0v) is 10.9. The van der Waals surface area contributed by atoms with Crippen molar-refractivity contribution >= 4 is 0 Å². The normalized spacial score (nSPS) is 14.2. The van der Waals surface area contributed by atoms with E-state index in [2.05, 4.69) is 5.32 Å². The molecule has 0 spiro atoms. The predicted octanol–water partition coefficient (Wildman–Crippen LogP) is 1.74. The summed E-state index contributed by atoms with van der Waals surface area (Å²) in [5.41, 5.74) is 0.823. The lowest BCUT2D eigenvalue weighted by Gasteiger charge is -2.22. The van der Waals surface area contributed by atoms with Gasteiger partial charge < -0.3 is 19.9 Å². The third-order valence-electron chi connectivity index (χ3n) is 2.94. The second-order valence-electron chi connectivity index (χ2n) is 3.86. The van der Waals surface area contributed by atoms with Gasteiger partial charge in [0.2, 0.25) is 0 Å². The summed E-state index contributed by atoms with van der Waals surface area (Å²) in [5, 5.41) is 13.3. The highest BCUT2D eigenvalue weighted by atomic mass is 16.5. The maximum absolute atomic E-state index is 10.2. The minimum atomic E-state index is -0.551. The highest BCUT2D eigenvalue weighted by Crippen LogP contribution is 2.31. The van der Waals surface area contributed by atoms with Crippen molar-refractivity contribution in [3.63, 3.8) is 0 Å². The Hall–Kier alpha value is -1.26. The summed E-state index contributed by atoms with van der Waals surface area (Å²) < 4.78 is 10.4. The molecule has 0 bridgehead atoms. The third kappa shape index (κ3) is 3.11. The zero-order chi connectivity index (χ0) is 12.8. The summed E-state index contributed by atoms with van der Waals surface area (Å²) in [6.07, 6.45) is 0.302. The number of ether oxygens (including phenoxy) is 2. The van der Waals surface area contributed by atoms with E-state index >= 15 is 0 Å². The van der Waals surface area contributed by atoms with Crippen molar-refractivity contribution in [2.75, 3.05) is 21.3 Å². The smallest absolute Gasteiger partial charge is 0.161 e. The molecule has 0 fully saturated rings. The lowest BCUT2D eigenvalue weighted by molar-refractivity contribution is 0.130. The van der Waals surface area contributed by atoms with E-state index in [0.717, 1.165) is 12.0 Å². The van der Waals surface area contributed by atoms with E-state index in [0.29, 0.717) is 11.5 Å². The largest absolute Gasteiger partial charge is 0.493 e. The van der Waals surface area contributed by atoms with E-state index in [1.165, 1.54) is 0 Å². The Morgan fingerprint density at radius 2 is 1.88 bits per heavy atom. The topological polar surface area (TPSA) is 50.7 Å². The Labute approximate surface area is 103 Å². The monoisotopic (exact) mass is 239 g/mol. The molecule has 0 aromatic heterocycles. The number of aliphatic hydroxyl groups excluding tert-OH is 1. The summed E-state index contributed by atoms with van der Waals surface area (Å²) >= 11 is 0. The molecule has 2 N–H and O–H groups in total. The van der Waals surface area contributed by atoms with Gasteiger partial charge in [-0.05, 0) is 31.2 Å². The molecule has 17 heavy (non-hydrogen) atoms. The minimum Gasteiger partial charge on any atom is -0.493 e. The molecular weight excluding hydrogens is 218 g/mol. The molecule has 4 heteroatoms. The van der Waals surface area contributed by atoms with Crippen molar-refractivity contribution in [1.29, 1.82) is 0 Å². The maximum atomic E-state index is 10.2. The van der Waals surface area contributed by atoms with E-state index in [4.69, 9.17) is 9.47 Å². The Balaban J connectivity index is 2.98. The first kappa shape index (κ1) is 13.8. The van der Waals surface area contributed by atoms with Crippen LogP contribution in [0.3, 0.4) is 0 Å². The van der Waals surface area contributed by atoms with Gasteiger partial charge in [0.1, 0.15) is 0 Å². The van der Waals surface area contributed by atoms with Crippen LogP contribution in [0.4, 0.5) is 0 Å². The number of benzene rings is 1. The molecule has 0 aliphatic heterocycles. The van der Waals surface area contributed by atoms with Crippen LogP contribution in [0.5, 0.6) is 11.5 Å². The van der Waals surface area contributed by atoms with Crippen LogP contribution in [0.15, 0.2) is 18.2 Å². The van der Waals surface area contributed by atoms with Crippen LogP contribution >= 0.6 is 0 Å². The predicted molar refractivity (Wildman–Crippen MR) is 67.6 cm³/mol. The molecule has 1 rings (SSSR count). The molecule has 2 atom stereocenters. The van der Waals surface area contributed by atoms with Gasteiger partial charge in [0.25, 0.3) is 0 Å². The fraction of sp³-hybridized carbons (Fsp3) is 0.538. The van der Waals surface area contributed by atoms with Crippen LogP contribution in [0.1, 0.15) is 25.0 Å². The van der Waals surface area contributed by atoms with Crippen molar-refractivity contribution < 1.29 is 14.6 Å². The minimum absolute atomic E-state index is 0.0353. The summed E-state index contributed by atoms with van der Waals surface area (Å²) in [7, 11) is 5.03. The first-order valence-corrected chi connectivity index (χ1v) is 5.75. The van der Waals surface area contributed by atoms with Crippen molar-refractivity contribution in [2.45, 2.75) is 25.5 Å². The molecule has 4 nitrogen and oxygen atoms in total. The molecule has 0 amide bonds. The first-order valence-electron chi connectivity index (χ1n) is 5.75. The number of hydrogen-bond acceptors (Lipinski definition) is 4. The maximum Gasteiger partial charge on any atom is 0.161 e. The quantitative estimate of drug-likeness (QED) is 0.794. The van der Waals surface area contributed by atoms with Gasteiger partial charge in [-0.1, -0.05) is 13.0 Å². The van der Waals surface area contributed by atoms with Gasteiger partial charge in [-0.25, -0.2) is 0 Å². The Bertz CT molecular complexity index is 351. The highest BCUT2D eigenvalue weighted by molar-refractivity contribution is 5.43. The van der Waals surface area contributed by atoms with Gasteiger partial charge >= 0.3 is 0 Å². The van der Waals surface area contributed by atoms with Crippen LogP contribution in [0.25, 0.3) is 0 Å². The fourth-order valence-electron chi connectivity index (χ4n) is 1.85. The molecule has 0 radical (unpaired) electrons. The summed E-state index contributed by atoms with van der Waals surface area (Å²) in [6, 6.07) is 5.50.